The fourth-order valence-electron chi connectivity index (χ4n) is 2.70. The number of amidine groups is 1. The SMILES string of the molecule is NC1=NC(C(CNC[C@H](N)C(=O)O)c2cccs2)CCCC1. The van der Waals surface area contributed by atoms with Gasteiger partial charge in [0.2, 0.25) is 0 Å². The molecule has 2 heterocycles. The molecule has 1 aliphatic heterocycles. The molecule has 22 heavy (non-hydrogen) atoms. The van der Waals surface area contributed by atoms with E-state index in [2.05, 4.69) is 21.8 Å². The molecular weight excluding hydrogens is 300 g/mol. The van der Waals surface area contributed by atoms with Crippen LogP contribution in [-0.2, 0) is 4.79 Å². The third-order valence-corrected chi connectivity index (χ3v) is 4.94. The van der Waals surface area contributed by atoms with Crippen LogP contribution in [0.5, 0.6) is 0 Å². The Labute approximate surface area is 134 Å². The van der Waals surface area contributed by atoms with Gasteiger partial charge in [-0.2, -0.15) is 0 Å². The summed E-state index contributed by atoms with van der Waals surface area (Å²) in [6.07, 6.45) is 4.08. The second-order valence-electron chi connectivity index (χ2n) is 5.66. The number of nitrogens with zero attached hydrogens (tertiary/aromatic N) is 1. The van der Waals surface area contributed by atoms with Gasteiger partial charge in [-0.05, 0) is 24.3 Å². The Bertz CT molecular complexity index is 504. The van der Waals surface area contributed by atoms with Crippen molar-refractivity contribution in [3.63, 3.8) is 0 Å². The van der Waals surface area contributed by atoms with Gasteiger partial charge in [0.05, 0.1) is 11.9 Å². The van der Waals surface area contributed by atoms with Crippen LogP contribution in [0.2, 0.25) is 0 Å². The lowest BCUT2D eigenvalue weighted by molar-refractivity contribution is -0.138. The van der Waals surface area contributed by atoms with Crippen LogP contribution in [0.1, 0.15) is 36.5 Å². The average molecular weight is 324 g/mol. The number of hydrogen-bond donors (Lipinski definition) is 4. The number of aliphatic imine (C=N–C) groups is 1. The molecule has 1 aliphatic rings. The number of rotatable bonds is 7. The number of carbonyl (C=O) groups is 1. The minimum absolute atomic E-state index is 0.148. The Morgan fingerprint density at radius 1 is 1.50 bits per heavy atom. The van der Waals surface area contributed by atoms with Crippen molar-refractivity contribution in [2.45, 2.75) is 43.7 Å². The average Bonchev–Trinajstić information content (AvgIpc) is 2.92. The summed E-state index contributed by atoms with van der Waals surface area (Å²) in [5.41, 5.74) is 11.5. The summed E-state index contributed by atoms with van der Waals surface area (Å²) < 4.78 is 0. The van der Waals surface area contributed by atoms with Gasteiger partial charge in [-0.15, -0.1) is 11.3 Å². The van der Waals surface area contributed by atoms with Gasteiger partial charge in [-0.25, -0.2) is 0 Å². The molecule has 0 bridgehead atoms. The summed E-state index contributed by atoms with van der Waals surface area (Å²) in [6.45, 7) is 0.909. The van der Waals surface area contributed by atoms with Crippen molar-refractivity contribution < 1.29 is 9.90 Å². The van der Waals surface area contributed by atoms with Gasteiger partial charge >= 0.3 is 5.97 Å². The van der Waals surface area contributed by atoms with Crippen LogP contribution in [0.3, 0.4) is 0 Å². The zero-order chi connectivity index (χ0) is 15.9. The van der Waals surface area contributed by atoms with Crippen molar-refractivity contribution in [3.8, 4) is 0 Å². The summed E-state index contributed by atoms with van der Waals surface area (Å²) >= 11 is 1.70. The minimum Gasteiger partial charge on any atom is -0.480 e. The van der Waals surface area contributed by atoms with E-state index in [1.54, 1.807) is 11.3 Å². The first-order valence-electron chi connectivity index (χ1n) is 7.62. The first-order valence-corrected chi connectivity index (χ1v) is 8.50. The third kappa shape index (κ3) is 4.79. The van der Waals surface area contributed by atoms with Crippen LogP contribution < -0.4 is 16.8 Å². The molecular formula is C15H24N4O2S. The first-order chi connectivity index (χ1) is 10.6. The lowest BCUT2D eigenvalue weighted by Gasteiger charge is -2.23. The number of thiophene rings is 1. The molecule has 1 aromatic rings. The summed E-state index contributed by atoms with van der Waals surface area (Å²) in [5.74, 6) is -0.0548. The van der Waals surface area contributed by atoms with Gasteiger partial charge in [0.25, 0.3) is 0 Å². The van der Waals surface area contributed by atoms with Crippen molar-refractivity contribution in [1.29, 1.82) is 0 Å². The van der Waals surface area contributed by atoms with Crippen molar-refractivity contribution in [1.82, 2.24) is 5.32 Å². The molecule has 122 valence electrons. The number of hydrogen-bond acceptors (Lipinski definition) is 6. The maximum absolute atomic E-state index is 10.8. The quantitative estimate of drug-likeness (QED) is 0.600. The first kappa shape index (κ1) is 16.9. The van der Waals surface area contributed by atoms with E-state index in [0.29, 0.717) is 6.54 Å². The molecule has 0 radical (unpaired) electrons. The van der Waals surface area contributed by atoms with Gasteiger partial charge in [0.1, 0.15) is 6.04 Å². The molecule has 1 aromatic heterocycles. The van der Waals surface area contributed by atoms with Crippen LogP contribution in [0.4, 0.5) is 0 Å². The maximum atomic E-state index is 10.8. The Hall–Kier alpha value is -1.44. The number of nitrogens with one attached hydrogen (secondary N) is 1. The van der Waals surface area contributed by atoms with E-state index in [4.69, 9.17) is 16.6 Å². The Kier molecular flexibility index (Phi) is 6.35. The second-order valence-corrected chi connectivity index (χ2v) is 6.64. The van der Waals surface area contributed by atoms with E-state index in [0.717, 1.165) is 31.5 Å². The molecule has 2 rings (SSSR count). The maximum Gasteiger partial charge on any atom is 0.321 e. The molecule has 6 N–H and O–H groups in total. The number of aliphatic carboxylic acids is 1. The fraction of sp³-hybridized carbons (Fsp3) is 0.600. The Balaban J connectivity index is 2.03. The molecule has 0 saturated carbocycles. The molecule has 2 unspecified atom stereocenters. The monoisotopic (exact) mass is 324 g/mol. The summed E-state index contributed by atoms with van der Waals surface area (Å²) in [5, 5.41) is 14.1. The van der Waals surface area contributed by atoms with Crippen molar-refractivity contribution >= 4 is 23.1 Å². The zero-order valence-electron chi connectivity index (χ0n) is 12.6. The van der Waals surface area contributed by atoms with E-state index in [-0.39, 0.29) is 18.5 Å². The Morgan fingerprint density at radius 2 is 2.32 bits per heavy atom. The smallest absolute Gasteiger partial charge is 0.321 e. The molecule has 0 fully saturated rings. The number of nitrogens with two attached hydrogens (primary N) is 2. The minimum atomic E-state index is -0.989. The largest absolute Gasteiger partial charge is 0.480 e. The van der Waals surface area contributed by atoms with Crippen LogP contribution in [0.25, 0.3) is 0 Å². The van der Waals surface area contributed by atoms with Gasteiger partial charge < -0.3 is 21.9 Å². The topological polar surface area (TPSA) is 114 Å². The highest BCUT2D eigenvalue weighted by Gasteiger charge is 2.25. The van der Waals surface area contributed by atoms with E-state index in [9.17, 15) is 4.79 Å². The number of carboxylic acid groups (broad SMARTS) is 1. The zero-order valence-corrected chi connectivity index (χ0v) is 13.4. The van der Waals surface area contributed by atoms with E-state index >= 15 is 0 Å². The Morgan fingerprint density at radius 3 is 3.00 bits per heavy atom. The summed E-state index contributed by atoms with van der Waals surface area (Å²) in [7, 11) is 0. The molecule has 6 nitrogen and oxygen atoms in total. The predicted molar refractivity (Wildman–Crippen MR) is 89.4 cm³/mol. The van der Waals surface area contributed by atoms with Crippen LogP contribution in [0, 0.1) is 0 Å². The van der Waals surface area contributed by atoms with E-state index < -0.39 is 12.0 Å². The van der Waals surface area contributed by atoms with Crippen molar-refractivity contribution in [2.75, 3.05) is 13.1 Å². The van der Waals surface area contributed by atoms with E-state index in [1.807, 2.05) is 6.07 Å². The van der Waals surface area contributed by atoms with Crippen LogP contribution >= 0.6 is 11.3 Å². The van der Waals surface area contributed by atoms with Gasteiger partial charge in [-0.1, -0.05) is 12.5 Å². The lowest BCUT2D eigenvalue weighted by atomic mass is 9.94. The van der Waals surface area contributed by atoms with Gasteiger partial charge in [0.15, 0.2) is 0 Å². The van der Waals surface area contributed by atoms with Gasteiger partial charge in [0, 0.05) is 30.3 Å². The number of carboxylic acids is 1. The highest BCUT2D eigenvalue weighted by molar-refractivity contribution is 7.10. The predicted octanol–water partition coefficient (Wildman–Crippen LogP) is 1.13. The van der Waals surface area contributed by atoms with E-state index in [1.165, 1.54) is 4.88 Å². The molecule has 7 heteroatoms. The fourth-order valence-corrected chi connectivity index (χ4v) is 3.59. The van der Waals surface area contributed by atoms with Crippen molar-refractivity contribution in [2.24, 2.45) is 16.5 Å². The highest BCUT2D eigenvalue weighted by Crippen LogP contribution is 2.30. The molecule has 0 aliphatic carbocycles. The normalized spacial score (nSPS) is 21.7. The van der Waals surface area contributed by atoms with Gasteiger partial charge in [-0.3, -0.25) is 9.79 Å². The molecule has 0 amide bonds. The van der Waals surface area contributed by atoms with Crippen LogP contribution in [-0.4, -0.2) is 42.1 Å². The highest BCUT2D eigenvalue weighted by atomic mass is 32.1. The standard InChI is InChI=1S/C15H24N4O2S/c16-11(15(20)21)9-18-8-10(13-5-3-7-22-13)12-4-1-2-6-14(17)19-12/h3,5,7,10-12,18H,1-2,4,6,8-9,16H2,(H2,17,19)(H,20,21)/t10?,11-,12?/m0/s1. The third-order valence-electron chi connectivity index (χ3n) is 3.93. The summed E-state index contributed by atoms with van der Waals surface area (Å²) in [6, 6.07) is 3.39. The second kappa shape index (κ2) is 8.26. The molecule has 0 saturated heterocycles. The molecule has 3 atom stereocenters. The molecule has 0 aromatic carbocycles. The lowest BCUT2D eigenvalue weighted by Crippen LogP contribution is -2.42. The molecule has 0 spiro atoms. The van der Waals surface area contributed by atoms with Crippen LogP contribution in [0.15, 0.2) is 22.5 Å². The summed E-state index contributed by atoms with van der Waals surface area (Å²) in [4.78, 5) is 16.7. The van der Waals surface area contributed by atoms with Crippen molar-refractivity contribution in [3.05, 3.63) is 22.4 Å².